The lowest BCUT2D eigenvalue weighted by atomic mass is 10.0. The van der Waals surface area contributed by atoms with E-state index in [0.717, 1.165) is 41.2 Å². The maximum Gasteiger partial charge on any atom is 0.416 e. The summed E-state index contributed by atoms with van der Waals surface area (Å²) in [6.45, 7) is 4.26. The molecule has 190 valence electrons. The van der Waals surface area contributed by atoms with E-state index in [2.05, 4.69) is 10.3 Å². The third-order valence-electron chi connectivity index (χ3n) is 5.92. The fourth-order valence-electron chi connectivity index (χ4n) is 4.22. The molecule has 0 saturated carbocycles. The molecule has 2 aromatic carbocycles. The summed E-state index contributed by atoms with van der Waals surface area (Å²) in [5.41, 5.74) is -0.0407. The first kappa shape index (κ1) is 25.8. The van der Waals surface area contributed by atoms with Crippen LogP contribution >= 0.6 is 11.3 Å². The number of nitrogens with zero attached hydrogens (tertiary/aromatic N) is 2. The van der Waals surface area contributed by atoms with E-state index in [1.165, 1.54) is 12.1 Å². The molecule has 36 heavy (non-hydrogen) atoms. The van der Waals surface area contributed by atoms with Crippen molar-refractivity contribution in [2.24, 2.45) is 0 Å². The summed E-state index contributed by atoms with van der Waals surface area (Å²) in [5.74, 6) is -1.11. The van der Waals surface area contributed by atoms with Crippen molar-refractivity contribution < 1.29 is 27.5 Å². The number of alkyl halides is 3. The van der Waals surface area contributed by atoms with Gasteiger partial charge >= 0.3 is 6.18 Å². The van der Waals surface area contributed by atoms with E-state index in [1.807, 2.05) is 0 Å². The number of ether oxygens (including phenoxy) is 1. The molecule has 1 aliphatic rings. The summed E-state index contributed by atoms with van der Waals surface area (Å²) in [7, 11) is 0. The highest BCUT2D eigenvalue weighted by atomic mass is 32.1. The molecule has 3 aromatic rings. The number of benzene rings is 2. The Morgan fingerprint density at radius 3 is 2.53 bits per heavy atom. The summed E-state index contributed by atoms with van der Waals surface area (Å²) >= 11 is 1.14. The van der Waals surface area contributed by atoms with Crippen LogP contribution in [0.4, 0.5) is 18.9 Å². The Kier molecular flexibility index (Phi) is 7.75. The standard InChI is InChI=1S/C26H26F3N3O3S/c1-16-23(36-17(2)31-16)25(34)32(20-11-6-10-19(14-20)26(27,28)29)22(18-8-4-3-5-9-18)24(33)30-15-21-12-7-13-35-21/h3-6,8-11,14,21-22H,7,12-13,15H2,1-2H3,(H,30,33)/t21-,22+/m1/s1. The third kappa shape index (κ3) is 5.76. The van der Waals surface area contributed by atoms with Crippen molar-refractivity contribution in [1.82, 2.24) is 10.3 Å². The smallest absolute Gasteiger partial charge is 0.376 e. The Balaban J connectivity index is 1.82. The minimum Gasteiger partial charge on any atom is -0.376 e. The van der Waals surface area contributed by atoms with Crippen LogP contribution in [0.1, 0.15) is 50.4 Å². The van der Waals surface area contributed by atoms with Crippen molar-refractivity contribution in [2.75, 3.05) is 18.1 Å². The molecule has 1 N–H and O–H groups in total. The number of carbonyl (C=O) groups excluding carboxylic acids is 2. The van der Waals surface area contributed by atoms with Gasteiger partial charge in [-0.15, -0.1) is 11.3 Å². The van der Waals surface area contributed by atoms with Gasteiger partial charge in [-0.25, -0.2) is 4.98 Å². The summed E-state index contributed by atoms with van der Waals surface area (Å²) in [4.78, 5) is 33.3. The molecule has 1 saturated heterocycles. The lowest BCUT2D eigenvalue weighted by Gasteiger charge is -2.32. The van der Waals surface area contributed by atoms with Crippen molar-refractivity contribution in [2.45, 2.75) is 45.0 Å². The van der Waals surface area contributed by atoms with Gasteiger partial charge in [0.1, 0.15) is 10.9 Å². The number of hydrogen-bond donors (Lipinski definition) is 1. The second-order valence-corrected chi connectivity index (χ2v) is 9.77. The first-order valence-corrected chi connectivity index (χ1v) is 12.4. The van der Waals surface area contributed by atoms with E-state index >= 15 is 0 Å². The number of aryl methyl sites for hydroxylation is 2. The van der Waals surface area contributed by atoms with Crippen molar-refractivity contribution in [3.05, 3.63) is 81.3 Å². The lowest BCUT2D eigenvalue weighted by molar-refractivity contribution is -0.137. The van der Waals surface area contributed by atoms with Gasteiger partial charge in [0.25, 0.3) is 5.91 Å². The average molecular weight is 518 g/mol. The maximum atomic E-state index is 13.9. The summed E-state index contributed by atoms with van der Waals surface area (Å²) < 4.78 is 46.4. The number of amides is 2. The van der Waals surface area contributed by atoms with Gasteiger partial charge in [-0.05, 0) is 50.5 Å². The topological polar surface area (TPSA) is 71.5 Å². The Labute approximate surface area is 211 Å². The number of carbonyl (C=O) groups is 2. The molecule has 0 aliphatic carbocycles. The van der Waals surface area contributed by atoms with Crippen LogP contribution in [-0.2, 0) is 15.7 Å². The molecule has 1 aromatic heterocycles. The Hall–Kier alpha value is -3.24. The second kappa shape index (κ2) is 10.8. The molecule has 0 bridgehead atoms. The lowest BCUT2D eigenvalue weighted by Crippen LogP contribution is -2.45. The van der Waals surface area contributed by atoms with Gasteiger partial charge in [-0.3, -0.25) is 14.5 Å². The van der Waals surface area contributed by atoms with Gasteiger partial charge in [0.2, 0.25) is 5.91 Å². The van der Waals surface area contributed by atoms with Crippen LogP contribution in [0.3, 0.4) is 0 Å². The predicted molar refractivity (Wildman–Crippen MR) is 131 cm³/mol. The zero-order valence-corrected chi connectivity index (χ0v) is 20.7. The van der Waals surface area contributed by atoms with Crippen LogP contribution in [0.15, 0.2) is 54.6 Å². The molecule has 2 heterocycles. The van der Waals surface area contributed by atoms with Gasteiger partial charge in [0.05, 0.1) is 22.4 Å². The highest BCUT2D eigenvalue weighted by Gasteiger charge is 2.37. The SMILES string of the molecule is Cc1nc(C)c(C(=O)N(c2cccc(C(F)(F)F)c2)[C@H](C(=O)NC[C@H]2CCCO2)c2ccccc2)s1. The van der Waals surface area contributed by atoms with Crippen LogP contribution < -0.4 is 10.2 Å². The van der Waals surface area contributed by atoms with Gasteiger partial charge in [0, 0.05) is 18.8 Å². The maximum absolute atomic E-state index is 13.9. The first-order chi connectivity index (χ1) is 17.1. The monoisotopic (exact) mass is 517 g/mol. The average Bonchev–Trinajstić information content (AvgIpc) is 3.49. The highest BCUT2D eigenvalue weighted by molar-refractivity contribution is 7.13. The Bertz CT molecular complexity index is 1220. The minimum absolute atomic E-state index is 0.0404. The summed E-state index contributed by atoms with van der Waals surface area (Å²) in [6, 6.07) is 11.8. The molecule has 10 heteroatoms. The quantitative estimate of drug-likeness (QED) is 0.452. The number of aromatic nitrogens is 1. The molecule has 2 atom stereocenters. The van der Waals surface area contributed by atoms with Crippen molar-refractivity contribution >= 4 is 28.8 Å². The number of halogens is 3. The molecule has 1 aliphatic heterocycles. The fraction of sp³-hybridized carbons (Fsp3) is 0.346. The number of anilines is 1. The highest BCUT2D eigenvalue weighted by Crippen LogP contribution is 2.36. The summed E-state index contributed by atoms with van der Waals surface area (Å²) in [6.07, 6.45) is -3.08. The van der Waals surface area contributed by atoms with Gasteiger partial charge in [0.15, 0.2) is 0 Å². The second-order valence-electron chi connectivity index (χ2n) is 8.56. The third-order valence-corrected chi connectivity index (χ3v) is 6.98. The van der Waals surface area contributed by atoms with E-state index in [0.29, 0.717) is 22.9 Å². The van der Waals surface area contributed by atoms with Crippen molar-refractivity contribution in [3.8, 4) is 0 Å². The van der Waals surface area contributed by atoms with E-state index in [1.54, 1.807) is 44.2 Å². The van der Waals surface area contributed by atoms with Gasteiger partial charge in [-0.1, -0.05) is 36.4 Å². The van der Waals surface area contributed by atoms with Crippen molar-refractivity contribution in [3.63, 3.8) is 0 Å². The molecule has 6 nitrogen and oxygen atoms in total. The number of thiazole rings is 1. The number of hydrogen-bond acceptors (Lipinski definition) is 5. The van der Waals surface area contributed by atoms with Crippen LogP contribution in [0.5, 0.6) is 0 Å². The number of rotatable bonds is 7. The minimum atomic E-state index is -4.62. The van der Waals surface area contributed by atoms with E-state index < -0.39 is 29.6 Å². The zero-order chi connectivity index (χ0) is 25.9. The van der Waals surface area contributed by atoms with E-state index in [4.69, 9.17) is 4.74 Å². The largest absolute Gasteiger partial charge is 0.416 e. The van der Waals surface area contributed by atoms with E-state index in [9.17, 15) is 22.8 Å². The molecule has 4 rings (SSSR count). The van der Waals surface area contributed by atoms with Crippen LogP contribution in [0.2, 0.25) is 0 Å². The molecule has 2 amide bonds. The molecule has 0 spiro atoms. The zero-order valence-electron chi connectivity index (χ0n) is 19.8. The Morgan fingerprint density at radius 1 is 1.17 bits per heavy atom. The molecular formula is C26H26F3N3O3S. The van der Waals surface area contributed by atoms with Crippen LogP contribution in [0.25, 0.3) is 0 Å². The summed E-state index contributed by atoms with van der Waals surface area (Å²) in [5, 5.41) is 3.49. The van der Waals surface area contributed by atoms with Gasteiger partial charge < -0.3 is 10.1 Å². The molecule has 0 unspecified atom stereocenters. The van der Waals surface area contributed by atoms with Crippen LogP contribution in [-0.4, -0.2) is 36.1 Å². The van der Waals surface area contributed by atoms with Crippen LogP contribution in [0, 0.1) is 13.8 Å². The fourth-order valence-corrected chi connectivity index (χ4v) is 5.08. The number of nitrogens with one attached hydrogen (secondary N) is 1. The van der Waals surface area contributed by atoms with Crippen molar-refractivity contribution in [1.29, 1.82) is 0 Å². The predicted octanol–water partition coefficient (Wildman–Crippen LogP) is 5.46. The molecular weight excluding hydrogens is 491 g/mol. The van der Waals surface area contributed by atoms with Gasteiger partial charge in [-0.2, -0.15) is 13.2 Å². The molecule has 1 fully saturated rings. The normalized spacial score (nSPS) is 16.5. The first-order valence-electron chi connectivity index (χ1n) is 11.5. The molecule has 0 radical (unpaired) electrons. The Morgan fingerprint density at radius 2 is 1.92 bits per heavy atom. The van der Waals surface area contributed by atoms with E-state index in [-0.39, 0.29) is 23.2 Å².